The Morgan fingerprint density at radius 3 is 2.29 bits per heavy atom. The maximum absolute atomic E-state index is 12.9. The molecule has 0 saturated carbocycles. The number of primary amides is 1. The topological polar surface area (TPSA) is 139 Å². The summed E-state index contributed by atoms with van der Waals surface area (Å²) in [5.41, 5.74) is 10.3. The molecule has 0 aliphatic heterocycles. The van der Waals surface area contributed by atoms with Crippen LogP contribution in [0.3, 0.4) is 0 Å². The summed E-state index contributed by atoms with van der Waals surface area (Å²) in [6.07, 6.45) is -1.45. The first-order valence-corrected chi connectivity index (χ1v) is 6.59. The van der Waals surface area contributed by atoms with Gasteiger partial charge in [-0.1, -0.05) is 12.1 Å². The zero-order chi connectivity index (χ0) is 17.9. The van der Waals surface area contributed by atoms with E-state index < -0.39 is 28.7 Å². The van der Waals surface area contributed by atoms with Crippen LogP contribution in [-0.2, 0) is 9.53 Å². The summed E-state index contributed by atoms with van der Waals surface area (Å²) < 4.78 is 18.0. The van der Waals surface area contributed by atoms with E-state index in [1.807, 2.05) is 0 Å². The Labute approximate surface area is 135 Å². The summed E-state index contributed by atoms with van der Waals surface area (Å²) in [6.45, 7) is 0. The fraction of sp³-hybridized carbons (Fsp3) is 0.0667. The van der Waals surface area contributed by atoms with E-state index in [4.69, 9.17) is 16.2 Å². The number of nitrogen functional groups attached to an aromatic ring is 1. The minimum atomic E-state index is -1.45. The lowest BCUT2D eigenvalue weighted by molar-refractivity contribution is -0.384. The number of carbonyl (C=O) groups is 2. The number of benzene rings is 2. The van der Waals surface area contributed by atoms with Gasteiger partial charge in [-0.05, 0) is 18.2 Å². The van der Waals surface area contributed by atoms with E-state index in [9.17, 15) is 24.1 Å². The first kappa shape index (κ1) is 16.9. The van der Waals surface area contributed by atoms with Crippen molar-refractivity contribution in [2.24, 2.45) is 5.73 Å². The molecule has 0 aliphatic rings. The second kappa shape index (κ2) is 6.73. The van der Waals surface area contributed by atoms with Crippen LogP contribution in [0.25, 0.3) is 0 Å². The molecule has 0 heterocycles. The molecule has 4 N–H and O–H groups in total. The number of hydrogen-bond donors (Lipinski definition) is 2. The van der Waals surface area contributed by atoms with Crippen LogP contribution >= 0.6 is 0 Å². The quantitative estimate of drug-likeness (QED) is 0.369. The monoisotopic (exact) mass is 333 g/mol. The SMILES string of the molecule is NC(=O)C(OC(=O)c1ccc([N+](=O)[O-])cc1N)c1ccc(F)cc1. The molecule has 24 heavy (non-hydrogen) atoms. The Balaban J connectivity index is 2.27. The van der Waals surface area contributed by atoms with E-state index in [1.165, 1.54) is 12.1 Å². The third-order valence-electron chi connectivity index (χ3n) is 3.12. The van der Waals surface area contributed by atoms with Crippen LogP contribution < -0.4 is 11.5 Å². The van der Waals surface area contributed by atoms with Crippen molar-refractivity contribution in [3.63, 3.8) is 0 Å². The molecule has 0 fully saturated rings. The van der Waals surface area contributed by atoms with Gasteiger partial charge in [-0.3, -0.25) is 14.9 Å². The van der Waals surface area contributed by atoms with E-state index in [2.05, 4.69) is 0 Å². The average Bonchev–Trinajstić information content (AvgIpc) is 2.53. The number of esters is 1. The summed E-state index contributed by atoms with van der Waals surface area (Å²) in [4.78, 5) is 33.6. The number of ether oxygens (including phenoxy) is 1. The number of nitrogens with two attached hydrogens (primary N) is 2. The van der Waals surface area contributed by atoms with E-state index in [1.54, 1.807) is 0 Å². The number of nitro benzene ring substituents is 1. The van der Waals surface area contributed by atoms with Gasteiger partial charge in [0.1, 0.15) is 5.82 Å². The molecule has 2 aromatic carbocycles. The van der Waals surface area contributed by atoms with Crippen molar-refractivity contribution >= 4 is 23.3 Å². The van der Waals surface area contributed by atoms with Gasteiger partial charge in [0.05, 0.1) is 16.2 Å². The normalized spacial score (nSPS) is 11.5. The van der Waals surface area contributed by atoms with Crippen LogP contribution in [0.1, 0.15) is 22.0 Å². The van der Waals surface area contributed by atoms with Gasteiger partial charge in [-0.15, -0.1) is 0 Å². The van der Waals surface area contributed by atoms with Crippen LogP contribution in [0.5, 0.6) is 0 Å². The zero-order valence-electron chi connectivity index (χ0n) is 12.1. The molecule has 2 rings (SSSR count). The summed E-state index contributed by atoms with van der Waals surface area (Å²) in [6, 6.07) is 7.84. The van der Waals surface area contributed by atoms with Crippen molar-refractivity contribution < 1.29 is 23.6 Å². The fourth-order valence-electron chi connectivity index (χ4n) is 1.95. The van der Waals surface area contributed by atoms with E-state index >= 15 is 0 Å². The van der Waals surface area contributed by atoms with Gasteiger partial charge < -0.3 is 16.2 Å². The van der Waals surface area contributed by atoms with Crippen molar-refractivity contribution in [1.82, 2.24) is 0 Å². The molecule has 0 aromatic heterocycles. The van der Waals surface area contributed by atoms with Gasteiger partial charge >= 0.3 is 5.97 Å². The Kier molecular flexibility index (Phi) is 4.73. The van der Waals surface area contributed by atoms with Crippen molar-refractivity contribution in [2.75, 3.05) is 5.73 Å². The molecule has 0 bridgehead atoms. The number of anilines is 1. The maximum Gasteiger partial charge on any atom is 0.341 e. The summed E-state index contributed by atoms with van der Waals surface area (Å²) in [5, 5.41) is 10.7. The van der Waals surface area contributed by atoms with Crippen LogP contribution in [0, 0.1) is 15.9 Å². The third-order valence-corrected chi connectivity index (χ3v) is 3.12. The Hall–Kier alpha value is -3.49. The van der Waals surface area contributed by atoms with Gasteiger partial charge in [0.25, 0.3) is 11.6 Å². The number of nitrogens with zero attached hydrogens (tertiary/aromatic N) is 1. The number of nitro groups is 1. The van der Waals surface area contributed by atoms with Crippen LogP contribution in [0.15, 0.2) is 42.5 Å². The van der Waals surface area contributed by atoms with E-state index in [0.717, 1.165) is 30.3 Å². The average molecular weight is 333 g/mol. The fourth-order valence-corrected chi connectivity index (χ4v) is 1.95. The Morgan fingerprint density at radius 2 is 1.79 bits per heavy atom. The molecular formula is C15H12FN3O5. The number of hydrogen-bond acceptors (Lipinski definition) is 6. The first-order valence-electron chi connectivity index (χ1n) is 6.59. The minimum Gasteiger partial charge on any atom is -0.444 e. The highest BCUT2D eigenvalue weighted by molar-refractivity contribution is 5.97. The molecule has 8 nitrogen and oxygen atoms in total. The number of amides is 1. The molecule has 1 atom stereocenters. The highest BCUT2D eigenvalue weighted by Gasteiger charge is 2.25. The molecule has 9 heteroatoms. The van der Waals surface area contributed by atoms with Crippen LogP contribution in [-0.4, -0.2) is 16.8 Å². The first-order chi connectivity index (χ1) is 11.3. The predicted octanol–water partition coefficient (Wildman–Crippen LogP) is 1.70. The van der Waals surface area contributed by atoms with Crippen LogP contribution in [0.4, 0.5) is 15.8 Å². The lowest BCUT2D eigenvalue weighted by atomic mass is 10.1. The lowest BCUT2D eigenvalue weighted by Gasteiger charge is -2.15. The lowest BCUT2D eigenvalue weighted by Crippen LogP contribution is -2.26. The largest absolute Gasteiger partial charge is 0.444 e. The second-order valence-electron chi connectivity index (χ2n) is 4.77. The molecule has 124 valence electrons. The molecule has 1 unspecified atom stereocenters. The Bertz CT molecular complexity index is 807. The number of rotatable bonds is 5. The molecular weight excluding hydrogens is 321 g/mol. The van der Waals surface area contributed by atoms with E-state index in [-0.39, 0.29) is 22.5 Å². The van der Waals surface area contributed by atoms with Gasteiger partial charge in [0.15, 0.2) is 0 Å². The molecule has 0 spiro atoms. The molecule has 0 radical (unpaired) electrons. The summed E-state index contributed by atoms with van der Waals surface area (Å²) in [5.74, 6) is -2.49. The van der Waals surface area contributed by atoms with Gasteiger partial charge in [-0.2, -0.15) is 0 Å². The smallest absolute Gasteiger partial charge is 0.341 e. The number of carbonyl (C=O) groups excluding carboxylic acids is 2. The standard InChI is InChI=1S/C15H12FN3O5/c16-9-3-1-8(2-4-9)13(14(18)20)24-15(21)11-6-5-10(19(22)23)7-12(11)17/h1-7,13H,17H2,(H2,18,20). The van der Waals surface area contributed by atoms with Gasteiger partial charge in [0.2, 0.25) is 6.10 Å². The van der Waals surface area contributed by atoms with Crippen molar-refractivity contribution in [1.29, 1.82) is 0 Å². The summed E-state index contributed by atoms with van der Waals surface area (Å²) >= 11 is 0. The van der Waals surface area contributed by atoms with E-state index in [0.29, 0.717) is 0 Å². The third kappa shape index (κ3) is 3.64. The predicted molar refractivity (Wildman–Crippen MR) is 81.3 cm³/mol. The molecule has 0 aliphatic carbocycles. The molecule has 2 aromatic rings. The number of halogens is 1. The minimum absolute atomic E-state index is 0.158. The second-order valence-corrected chi connectivity index (χ2v) is 4.77. The molecule has 1 amide bonds. The zero-order valence-corrected chi connectivity index (χ0v) is 12.1. The summed E-state index contributed by atoms with van der Waals surface area (Å²) in [7, 11) is 0. The van der Waals surface area contributed by atoms with Crippen molar-refractivity contribution in [2.45, 2.75) is 6.10 Å². The maximum atomic E-state index is 12.9. The highest BCUT2D eigenvalue weighted by atomic mass is 19.1. The van der Waals surface area contributed by atoms with Gasteiger partial charge in [0, 0.05) is 17.7 Å². The van der Waals surface area contributed by atoms with Gasteiger partial charge in [-0.25, -0.2) is 9.18 Å². The van der Waals surface area contributed by atoms with Crippen LogP contribution in [0.2, 0.25) is 0 Å². The Morgan fingerprint density at radius 1 is 1.17 bits per heavy atom. The van der Waals surface area contributed by atoms with Crippen molar-refractivity contribution in [3.8, 4) is 0 Å². The molecule has 0 saturated heterocycles. The number of non-ortho nitro benzene ring substituents is 1. The highest BCUT2D eigenvalue weighted by Crippen LogP contribution is 2.24. The van der Waals surface area contributed by atoms with Crippen molar-refractivity contribution in [3.05, 3.63) is 69.5 Å².